The fourth-order valence-corrected chi connectivity index (χ4v) is 0.822. The molecular weight excluding hydrogens is 188 g/mol. The van der Waals surface area contributed by atoms with Gasteiger partial charge in [-0.15, -0.1) is 0 Å². The SMILES string of the molecule is FCOc1cc[c]cc1C(F)(F)F. The third-order valence-electron chi connectivity index (χ3n) is 1.34. The van der Waals surface area contributed by atoms with Gasteiger partial charge in [-0.2, -0.15) is 13.2 Å². The summed E-state index contributed by atoms with van der Waals surface area (Å²) in [7, 11) is 0. The van der Waals surface area contributed by atoms with Crippen LogP contribution >= 0.6 is 0 Å². The van der Waals surface area contributed by atoms with Gasteiger partial charge in [-0.05, 0) is 18.2 Å². The molecule has 0 atom stereocenters. The quantitative estimate of drug-likeness (QED) is 0.656. The lowest BCUT2D eigenvalue weighted by molar-refractivity contribution is -0.139. The molecule has 0 saturated heterocycles. The molecule has 0 fully saturated rings. The van der Waals surface area contributed by atoms with Gasteiger partial charge < -0.3 is 4.74 Å². The van der Waals surface area contributed by atoms with E-state index in [0.717, 1.165) is 6.07 Å². The normalized spacial score (nSPS) is 11.4. The summed E-state index contributed by atoms with van der Waals surface area (Å²) in [6.07, 6.45) is -4.54. The Hall–Kier alpha value is -1.26. The van der Waals surface area contributed by atoms with Crippen molar-refractivity contribution in [1.82, 2.24) is 0 Å². The highest BCUT2D eigenvalue weighted by atomic mass is 19.4. The van der Waals surface area contributed by atoms with Crippen molar-refractivity contribution >= 4 is 0 Å². The van der Waals surface area contributed by atoms with Gasteiger partial charge in [-0.25, -0.2) is 4.39 Å². The molecule has 0 unspecified atom stereocenters. The van der Waals surface area contributed by atoms with E-state index in [-0.39, 0.29) is 0 Å². The summed E-state index contributed by atoms with van der Waals surface area (Å²) >= 11 is 0. The average molecular weight is 193 g/mol. The second kappa shape index (κ2) is 3.64. The Morgan fingerprint density at radius 2 is 2.08 bits per heavy atom. The highest BCUT2D eigenvalue weighted by Gasteiger charge is 2.33. The molecule has 0 aliphatic rings. The van der Waals surface area contributed by atoms with Crippen LogP contribution in [0.5, 0.6) is 5.75 Å². The Balaban J connectivity index is 3.05. The topological polar surface area (TPSA) is 9.23 Å². The van der Waals surface area contributed by atoms with E-state index in [4.69, 9.17) is 0 Å². The number of hydrogen-bond acceptors (Lipinski definition) is 1. The standard InChI is InChI=1S/C8H5F4O/c9-5-13-7-4-2-1-3-6(7)8(10,11)12/h2-4H,5H2. The van der Waals surface area contributed by atoms with Crippen LogP contribution in [0.25, 0.3) is 0 Å². The maximum absolute atomic E-state index is 12.1. The van der Waals surface area contributed by atoms with E-state index < -0.39 is 24.3 Å². The molecule has 1 nitrogen and oxygen atoms in total. The smallest absolute Gasteiger partial charge is 0.419 e. The van der Waals surface area contributed by atoms with Gasteiger partial charge >= 0.3 is 6.18 Å². The predicted octanol–water partition coefficient (Wildman–Crippen LogP) is 2.81. The van der Waals surface area contributed by atoms with E-state index in [1.54, 1.807) is 0 Å². The fourth-order valence-electron chi connectivity index (χ4n) is 0.822. The Kier molecular flexibility index (Phi) is 2.75. The van der Waals surface area contributed by atoms with Crippen LogP contribution in [0.15, 0.2) is 18.2 Å². The zero-order valence-electron chi connectivity index (χ0n) is 6.36. The first-order valence-corrected chi connectivity index (χ1v) is 3.32. The lowest BCUT2D eigenvalue weighted by Crippen LogP contribution is -2.07. The van der Waals surface area contributed by atoms with Gasteiger partial charge in [0, 0.05) is 0 Å². The van der Waals surface area contributed by atoms with Crippen molar-refractivity contribution in [3.63, 3.8) is 0 Å². The van der Waals surface area contributed by atoms with Crippen molar-refractivity contribution in [2.75, 3.05) is 6.86 Å². The molecule has 0 aliphatic carbocycles. The van der Waals surface area contributed by atoms with Gasteiger partial charge in [-0.1, -0.05) is 6.07 Å². The number of halogens is 4. The van der Waals surface area contributed by atoms with Crippen molar-refractivity contribution in [2.24, 2.45) is 0 Å². The molecule has 5 heteroatoms. The summed E-state index contributed by atoms with van der Waals surface area (Å²) in [6, 6.07) is 5.20. The summed E-state index contributed by atoms with van der Waals surface area (Å²) in [4.78, 5) is 0. The molecule has 71 valence electrons. The van der Waals surface area contributed by atoms with E-state index >= 15 is 0 Å². The second-order valence-corrected chi connectivity index (χ2v) is 2.17. The van der Waals surface area contributed by atoms with Crippen LogP contribution in [-0.2, 0) is 6.18 Å². The molecule has 0 aliphatic heterocycles. The van der Waals surface area contributed by atoms with Crippen LogP contribution in [-0.4, -0.2) is 6.86 Å². The van der Waals surface area contributed by atoms with Crippen molar-refractivity contribution < 1.29 is 22.3 Å². The highest BCUT2D eigenvalue weighted by molar-refractivity contribution is 5.34. The Morgan fingerprint density at radius 3 is 2.62 bits per heavy atom. The third kappa shape index (κ3) is 2.34. The van der Waals surface area contributed by atoms with Gasteiger partial charge in [0.15, 0.2) is 0 Å². The molecule has 0 amide bonds. The van der Waals surface area contributed by atoms with Crippen LogP contribution < -0.4 is 4.74 Å². The van der Waals surface area contributed by atoms with E-state index in [9.17, 15) is 17.6 Å². The first kappa shape index (κ1) is 9.83. The van der Waals surface area contributed by atoms with Crippen molar-refractivity contribution in [1.29, 1.82) is 0 Å². The first-order valence-electron chi connectivity index (χ1n) is 3.32. The summed E-state index contributed by atoms with van der Waals surface area (Å²) in [5, 5.41) is 0. The molecule has 1 radical (unpaired) electrons. The molecule has 0 spiro atoms. The van der Waals surface area contributed by atoms with Crippen LogP contribution in [0.4, 0.5) is 17.6 Å². The van der Waals surface area contributed by atoms with Crippen molar-refractivity contribution in [3.05, 3.63) is 29.8 Å². The minimum atomic E-state index is -4.54. The zero-order chi connectivity index (χ0) is 9.90. The van der Waals surface area contributed by atoms with Gasteiger partial charge in [-0.3, -0.25) is 0 Å². The lowest BCUT2D eigenvalue weighted by atomic mass is 10.2. The summed E-state index contributed by atoms with van der Waals surface area (Å²) in [5.74, 6) is -0.520. The van der Waals surface area contributed by atoms with E-state index in [0.29, 0.717) is 6.07 Å². The molecule has 1 rings (SSSR count). The monoisotopic (exact) mass is 193 g/mol. The van der Waals surface area contributed by atoms with Crippen molar-refractivity contribution in [3.8, 4) is 5.75 Å². The molecule has 0 N–H and O–H groups in total. The molecular formula is C8H5F4O. The minimum absolute atomic E-state index is 0.520. The number of ether oxygens (including phenoxy) is 1. The van der Waals surface area contributed by atoms with Crippen molar-refractivity contribution in [2.45, 2.75) is 6.18 Å². The van der Waals surface area contributed by atoms with Gasteiger partial charge in [0.1, 0.15) is 5.75 Å². The predicted molar refractivity (Wildman–Crippen MR) is 36.9 cm³/mol. The third-order valence-corrected chi connectivity index (χ3v) is 1.34. The van der Waals surface area contributed by atoms with Crippen LogP contribution in [0, 0.1) is 6.07 Å². The molecule has 0 saturated carbocycles. The number of benzene rings is 1. The van der Waals surface area contributed by atoms with E-state index in [1.807, 2.05) is 0 Å². The average Bonchev–Trinajstić information content (AvgIpc) is 2.04. The molecule has 1 aromatic carbocycles. The first-order chi connectivity index (χ1) is 6.05. The largest absolute Gasteiger partial charge is 0.462 e. The zero-order valence-corrected chi connectivity index (χ0v) is 6.36. The Labute approximate surface area is 71.9 Å². The number of hydrogen-bond donors (Lipinski definition) is 0. The van der Waals surface area contributed by atoms with Crippen LogP contribution in [0.2, 0.25) is 0 Å². The second-order valence-electron chi connectivity index (χ2n) is 2.17. The summed E-state index contributed by atoms with van der Waals surface area (Å²) in [5.41, 5.74) is -1.02. The van der Waals surface area contributed by atoms with Gasteiger partial charge in [0.05, 0.1) is 5.56 Å². The molecule has 0 bridgehead atoms. The molecule has 0 heterocycles. The number of rotatable bonds is 2. The van der Waals surface area contributed by atoms with E-state index in [1.165, 1.54) is 6.07 Å². The Morgan fingerprint density at radius 1 is 1.38 bits per heavy atom. The maximum Gasteiger partial charge on any atom is 0.419 e. The fraction of sp³-hybridized carbons (Fsp3) is 0.250. The maximum atomic E-state index is 12.1. The van der Waals surface area contributed by atoms with Crippen LogP contribution in [0.1, 0.15) is 5.56 Å². The molecule has 13 heavy (non-hydrogen) atoms. The highest BCUT2D eigenvalue weighted by Crippen LogP contribution is 2.35. The lowest BCUT2D eigenvalue weighted by Gasteiger charge is -2.10. The summed E-state index contributed by atoms with van der Waals surface area (Å²) in [6.45, 7) is -1.28. The number of alkyl halides is 4. The van der Waals surface area contributed by atoms with Crippen LogP contribution in [0.3, 0.4) is 0 Å². The van der Waals surface area contributed by atoms with Gasteiger partial charge in [0.2, 0.25) is 6.86 Å². The Bertz CT molecular complexity index is 282. The molecule has 1 aromatic rings. The minimum Gasteiger partial charge on any atom is -0.462 e. The molecule has 0 aromatic heterocycles. The van der Waals surface area contributed by atoms with Gasteiger partial charge in [0.25, 0.3) is 0 Å². The van der Waals surface area contributed by atoms with E-state index in [2.05, 4.69) is 10.8 Å². The summed E-state index contributed by atoms with van der Waals surface area (Å²) < 4.78 is 52.3.